The lowest BCUT2D eigenvalue weighted by molar-refractivity contribution is 0.0368. The van der Waals surface area contributed by atoms with Crippen molar-refractivity contribution >= 4 is 22.8 Å². The molecule has 0 radical (unpaired) electrons. The molecule has 5 heteroatoms. The molecule has 0 unspecified atom stereocenters. The fourth-order valence-corrected chi connectivity index (χ4v) is 3.88. The van der Waals surface area contributed by atoms with Gasteiger partial charge in [0.1, 0.15) is 5.69 Å². The molecular formula is C17H18N2O3. The summed E-state index contributed by atoms with van der Waals surface area (Å²) in [6, 6.07) is 7.02. The number of aromatic nitrogens is 1. The number of aromatic carboxylic acids is 1. The summed E-state index contributed by atoms with van der Waals surface area (Å²) in [6.07, 6.45) is 3.25. The highest BCUT2D eigenvalue weighted by atomic mass is 16.4. The van der Waals surface area contributed by atoms with E-state index in [2.05, 4.69) is 4.57 Å². The van der Waals surface area contributed by atoms with Crippen molar-refractivity contribution in [2.45, 2.75) is 31.7 Å². The van der Waals surface area contributed by atoms with E-state index in [0.29, 0.717) is 12.2 Å². The first kappa shape index (κ1) is 13.4. The molecule has 1 N–H and O–H groups in total. The van der Waals surface area contributed by atoms with Crippen LogP contribution in [0.15, 0.2) is 24.3 Å². The molecule has 1 amide bonds. The number of hydrogen-bond acceptors (Lipinski definition) is 2. The van der Waals surface area contributed by atoms with Crippen molar-refractivity contribution in [1.82, 2.24) is 9.47 Å². The van der Waals surface area contributed by atoms with Gasteiger partial charge in [0.05, 0.1) is 16.6 Å². The molecule has 1 saturated carbocycles. The van der Waals surface area contributed by atoms with E-state index >= 15 is 0 Å². The summed E-state index contributed by atoms with van der Waals surface area (Å²) < 4.78 is 2.12. The SMILES string of the molecule is CCN1CC2(CCC2)n2c(cc3ccc(C(=O)O)cc32)C1=O. The lowest BCUT2D eigenvalue weighted by atomic mass is 9.74. The van der Waals surface area contributed by atoms with E-state index in [4.69, 9.17) is 0 Å². The number of carbonyl (C=O) groups excluding carboxylic acids is 1. The van der Waals surface area contributed by atoms with E-state index < -0.39 is 5.97 Å². The standard InChI is InChI=1S/C17H18N2O3/c1-2-18-10-17(6-3-7-17)19-13-9-12(16(21)22)5-4-11(13)8-14(19)15(18)20/h4-5,8-9H,2-3,6-7,10H2,1H3,(H,21,22). The van der Waals surface area contributed by atoms with Crippen LogP contribution < -0.4 is 0 Å². The zero-order chi connectivity index (χ0) is 15.5. The molecule has 1 spiro atoms. The van der Waals surface area contributed by atoms with Crippen molar-refractivity contribution < 1.29 is 14.7 Å². The highest BCUT2D eigenvalue weighted by Gasteiger charge is 2.47. The first-order chi connectivity index (χ1) is 10.6. The van der Waals surface area contributed by atoms with Crippen LogP contribution in [0.25, 0.3) is 10.9 Å². The normalized spacial score (nSPS) is 19.3. The second-order valence-electron chi connectivity index (χ2n) is 6.34. The largest absolute Gasteiger partial charge is 0.478 e. The number of amides is 1. The maximum Gasteiger partial charge on any atom is 0.335 e. The molecule has 22 heavy (non-hydrogen) atoms. The molecule has 2 heterocycles. The number of rotatable bonds is 2. The Morgan fingerprint density at radius 2 is 2.09 bits per heavy atom. The second-order valence-corrected chi connectivity index (χ2v) is 6.34. The minimum absolute atomic E-state index is 0.0435. The predicted octanol–water partition coefficient (Wildman–Crippen LogP) is 2.69. The molecular weight excluding hydrogens is 280 g/mol. The van der Waals surface area contributed by atoms with Gasteiger partial charge < -0.3 is 14.6 Å². The molecule has 114 valence electrons. The molecule has 1 fully saturated rings. The summed E-state index contributed by atoms with van der Waals surface area (Å²) in [7, 11) is 0. The summed E-state index contributed by atoms with van der Waals surface area (Å²) in [6.45, 7) is 3.45. The maximum atomic E-state index is 12.7. The minimum atomic E-state index is -0.933. The van der Waals surface area contributed by atoms with Crippen molar-refractivity contribution in [2.24, 2.45) is 0 Å². The molecule has 0 saturated heterocycles. The lowest BCUT2D eigenvalue weighted by Gasteiger charge is -2.50. The van der Waals surface area contributed by atoms with Gasteiger partial charge in [0.25, 0.3) is 5.91 Å². The fraction of sp³-hybridized carbons (Fsp3) is 0.412. The van der Waals surface area contributed by atoms with E-state index in [9.17, 15) is 14.7 Å². The molecule has 0 atom stereocenters. The Kier molecular flexibility index (Phi) is 2.64. The van der Waals surface area contributed by atoms with Gasteiger partial charge in [-0.05, 0) is 44.4 Å². The van der Waals surface area contributed by atoms with E-state index in [0.717, 1.165) is 36.7 Å². The van der Waals surface area contributed by atoms with Crippen LogP contribution in [0.1, 0.15) is 47.0 Å². The third-order valence-electron chi connectivity index (χ3n) is 5.18. The van der Waals surface area contributed by atoms with Gasteiger partial charge in [0.2, 0.25) is 0 Å². The summed E-state index contributed by atoms with van der Waals surface area (Å²) in [5, 5.41) is 10.2. The Balaban J connectivity index is 2.00. The topological polar surface area (TPSA) is 62.5 Å². The van der Waals surface area contributed by atoms with Gasteiger partial charge in [0, 0.05) is 18.5 Å². The smallest absolute Gasteiger partial charge is 0.335 e. The molecule has 4 rings (SSSR count). The highest BCUT2D eigenvalue weighted by molar-refractivity contribution is 6.01. The van der Waals surface area contributed by atoms with Crippen LogP contribution >= 0.6 is 0 Å². The quantitative estimate of drug-likeness (QED) is 0.927. The van der Waals surface area contributed by atoms with Crippen LogP contribution in [0.5, 0.6) is 0 Å². The summed E-state index contributed by atoms with van der Waals surface area (Å²) >= 11 is 0. The van der Waals surface area contributed by atoms with E-state index in [1.807, 2.05) is 17.9 Å². The van der Waals surface area contributed by atoms with Crippen molar-refractivity contribution in [3.8, 4) is 0 Å². The Morgan fingerprint density at radius 3 is 2.68 bits per heavy atom. The summed E-state index contributed by atoms with van der Waals surface area (Å²) in [5.74, 6) is -0.884. The first-order valence-electron chi connectivity index (χ1n) is 7.74. The Hall–Kier alpha value is -2.30. The number of likely N-dealkylation sites (N-methyl/N-ethyl adjacent to an activating group) is 1. The van der Waals surface area contributed by atoms with Crippen molar-refractivity contribution in [3.05, 3.63) is 35.5 Å². The number of hydrogen-bond donors (Lipinski definition) is 1. The van der Waals surface area contributed by atoms with Gasteiger partial charge in [-0.2, -0.15) is 0 Å². The van der Waals surface area contributed by atoms with E-state index in [1.165, 1.54) is 0 Å². The van der Waals surface area contributed by atoms with Crippen LogP contribution in [0.2, 0.25) is 0 Å². The molecule has 5 nitrogen and oxygen atoms in total. The monoisotopic (exact) mass is 298 g/mol. The number of fused-ring (bicyclic) bond motifs is 4. The lowest BCUT2D eigenvalue weighted by Crippen LogP contribution is -2.56. The third-order valence-corrected chi connectivity index (χ3v) is 5.18. The molecule has 1 aromatic carbocycles. The van der Waals surface area contributed by atoms with Gasteiger partial charge in [-0.3, -0.25) is 4.79 Å². The summed E-state index contributed by atoms with van der Waals surface area (Å²) in [5.41, 5.74) is 1.80. The number of carboxylic acid groups (broad SMARTS) is 1. The number of nitrogens with zero attached hydrogens (tertiary/aromatic N) is 2. The summed E-state index contributed by atoms with van der Waals surface area (Å²) in [4.78, 5) is 25.8. The van der Waals surface area contributed by atoms with Crippen molar-refractivity contribution in [1.29, 1.82) is 0 Å². The molecule has 1 aliphatic carbocycles. The zero-order valence-electron chi connectivity index (χ0n) is 12.5. The fourth-order valence-electron chi connectivity index (χ4n) is 3.88. The number of carbonyl (C=O) groups is 2. The minimum Gasteiger partial charge on any atom is -0.478 e. The Morgan fingerprint density at radius 1 is 1.32 bits per heavy atom. The average Bonchev–Trinajstić information content (AvgIpc) is 2.85. The van der Waals surface area contributed by atoms with Gasteiger partial charge >= 0.3 is 5.97 Å². The van der Waals surface area contributed by atoms with Crippen molar-refractivity contribution in [3.63, 3.8) is 0 Å². The van der Waals surface area contributed by atoms with Crippen LogP contribution in [0.3, 0.4) is 0 Å². The zero-order valence-corrected chi connectivity index (χ0v) is 12.5. The van der Waals surface area contributed by atoms with Crippen LogP contribution in [0, 0.1) is 0 Å². The molecule has 0 bridgehead atoms. The van der Waals surface area contributed by atoms with Gasteiger partial charge in [-0.1, -0.05) is 6.07 Å². The van der Waals surface area contributed by atoms with E-state index in [1.54, 1.807) is 18.2 Å². The molecule has 2 aliphatic rings. The molecule has 1 aromatic heterocycles. The second kappa shape index (κ2) is 4.35. The number of carboxylic acids is 1. The molecule has 2 aromatic rings. The van der Waals surface area contributed by atoms with Crippen LogP contribution in [-0.4, -0.2) is 39.5 Å². The van der Waals surface area contributed by atoms with E-state index in [-0.39, 0.29) is 17.0 Å². The van der Waals surface area contributed by atoms with Crippen LogP contribution in [0.4, 0.5) is 0 Å². The number of benzene rings is 1. The van der Waals surface area contributed by atoms with Gasteiger partial charge in [0.15, 0.2) is 0 Å². The molecule has 1 aliphatic heterocycles. The first-order valence-corrected chi connectivity index (χ1v) is 7.74. The van der Waals surface area contributed by atoms with Crippen molar-refractivity contribution in [2.75, 3.05) is 13.1 Å². The Bertz CT molecular complexity index is 802. The Labute approximate surface area is 128 Å². The average molecular weight is 298 g/mol. The van der Waals surface area contributed by atoms with Gasteiger partial charge in [-0.25, -0.2) is 4.79 Å². The maximum absolute atomic E-state index is 12.7. The predicted molar refractivity (Wildman–Crippen MR) is 82.3 cm³/mol. The van der Waals surface area contributed by atoms with Crippen LogP contribution in [-0.2, 0) is 5.54 Å². The van der Waals surface area contributed by atoms with Gasteiger partial charge in [-0.15, -0.1) is 0 Å². The highest BCUT2D eigenvalue weighted by Crippen LogP contribution is 2.46. The third kappa shape index (κ3) is 1.59.